The molecule has 1 unspecified atom stereocenters. The highest BCUT2D eigenvalue weighted by atomic mass is 16.2. The third-order valence-corrected chi connectivity index (χ3v) is 4.02. The lowest BCUT2D eigenvalue weighted by atomic mass is 9.97. The van der Waals surface area contributed by atoms with E-state index in [2.05, 4.69) is 20.6 Å². The monoisotopic (exact) mass is 340 g/mol. The van der Waals surface area contributed by atoms with Gasteiger partial charge in [-0.25, -0.2) is 14.8 Å². The van der Waals surface area contributed by atoms with E-state index in [4.69, 9.17) is 5.73 Å². The van der Waals surface area contributed by atoms with Gasteiger partial charge in [0.05, 0.1) is 5.92 Å². The Balaban J connectivity index is 1.64. The maximum absolute atomic E-state index is 12.6. The van der Waals surface area contributed by atoms with Gasteiger partial charge in [0.1, 0.15) is 0 Å². The highest BCUT2D eigenvalue weighted by molar-refractivity contribution is 5.94. The summed E-state index contributed by atoms with van der Waals surface area (Å²) >= 11 is 0. The minimum atomic E-state index is -0.644. The van der Waals surface area contributed by atoms with Gasteiger partial charge >= 0.3 is 6.03 Å². The van der Waals surface area contributed by atoms with Crippen LogP contribution in [-0.4, -0.2) is 35.0 Å². The minimum absolute atomic E-state index is 0.0585. The molecule has 2 heterocycles. The number of piperidine rings is 1. The Morgan fingerprint density at radius 3 is 2.56 bits per heavy atom. The van der Waals surface area contributed by atoms with Crippen molar-refractivity contribution in [3.05, 3.63) is 42.7 Å². The quantitative estimate of drug-likeness (QED) is 0.786. The van der Waals surface area contributed by atoms with E-state index in [1.165, 1.54) is 0 Å². The number of nitrogens with zero attached hydrogens (tertiary/aromatic N) is 3. The molecule has 8 nitrogen and oxygen atoms in total. The van der Waals surface area contributed by atoms with Gasteiger partial charge < -0.3 is 21.3 Å². The van der Waals surface area contributed by atoms with Crippen molar-refractivity contribution in [1.82, 2.24) is 9.97 Å². The first kappa shape index (κ1) is 16.7. The Labute approximate surface area is 145 Å². The largest absolute Gasteiger partial charge is 0.351 e. The average Bonchev–Trinajstić information content (AvgIpc) is 2.62. The highest BCUT2D eigenvalue weighted by Crippen LogP contribution is 2.22. The molecule has 0 saturated carbocycles. The summed E-state index contributed by atoms with van der Waals surface area (Å²) in [5, 5.41) is 5.39. The molecule has 8 heteroatoms. The maximum Gasteiger partial charge on any atom is 0.316 e. The predicted octanol–water partition coefficient (Wildman–Crippen LogP) is 1.82. The fourth-order valence-corrected chi connectivity index (χ4v) is 2.89. The van der Waals surface area contributed by atoms with Gasteiger partial charge in [-0.3, -0.25) is 4.79 Å². The second-order valence-electron chi connectivity index (χ2n) is 5.89. The first-order valence-corrected chi connectivity index (χ1v) is 8.11. The lowest BCUT2D eigenvalue weighted by Crippen LogP contribution is -2.41. The second kappa shape index (κ2) is 7.61. The summed E-state index contributed by atoms with van der Waals surface area (Å²) in [5.41, 5.74) is 6.26. The van der Waals surface area contributed by atoms with Gasteiger partial charge in [-0.1, -0.05) is 6.07 Å². The van der Waals surface area contributed by atoms with Crippen molar-refractivity contribution < 1.29 is 9.59 Å². The van der Waals surface area contributed by atoms with E-state index in [1.807, 2.05) is 4.90 Å². The van der Waals surface area contributed by atoms with Crippen LogP contribution in [0.15, 0.2) is 42.7 Å². The first-order valence-electron chi connectivity index (χ1n) is 8.11. The lowest BCUT2D eigenvalue weighted by molar-refractivity contribution is -0.120. The van der Waals surface area contributed by atoms with Crippen molar-refractivity contribution in [3.63, 3.8) is 0 Å². The third kappa shape index (κ3) is 4.43. The van der Waals surface area contributed by atoms with Crippen LogP contribution >= 0.6 is 0 Å². The summed E-state index contributed by atoms with van der Waals surface area (Å²) in [4.78, 5) is 34.0. The molecule has 25 heavy (non-hydrogen) atoms. The number of hydrogen-bond donors (Lipinski definition) is 3. The zero-order valence-corrected chi connectivity index (χ0v) is 13.7. The van der Waals surface area contributed by atoms with Gasteiger partial charge in [0.15, 0.2) is 0 Å². The Hall–Kier alpha value is -3.16. The fourth-order valence-electron chi connectivity index (χ4n) is 2.89. The number of nitrogens with two attached hydrogens (primary N) is 1. The van der Waals surface area contributed by atoms with E-state index in [-0.39, 0.29) is 11.8 Å². The molecule has 1 atom stereocenters. The Bertz CT molecular complexity index is 752. The molecule has 1 aromatic carbocycles. The van der Waals surface area contributed by atoms with Crippen LogP contribution in [0.1, 0.15) is 12.8 Å². The summed E-state index contributed by atoms with van der Waals surface area (Å²) in [7, 11) is 0. The smallest absolute Gasteiger partial charge is 0.316 e. The van der Waals surface area contributed by atoms with Crippen LogP contribution in [0.5, 0.6) is 0 Å². The maximum atomic E-state index is 12.6. The van der Waals surface area contributed by atoms with Crippen molar-refractivity contribution in [2.45, 2.75) is 12.8 Å². The van der Waals surface area contributed by atoms with Crippen LogP contribution in [0.25, 0.3) is 0 Å². The van der Waals surface area contributed by atoms with Gasteiger partial charge in [-0.15, -0.1) is 0 Å². The molecule has 1 aromatic heterocycles. The molecule has 1 aliphatic heterocycles. The zero-order chi connectivity index (χ0) is 17.6. The van der Waals surface area contributed by atoms with Crippen LogP contribution < -0.4 is 21.3 Å². The molecular weight excluding hydrogens is 320 g/mol. The number of amides is 3. The van der Waals surface area contributed by atoms with E-state index < -0.39 is 6.03 Å². The molecule has 4 N–H and O–H groups in total. The van der Waals surface area contributed by atoms with Gasteiger partial charge in [0.25, 0.3) is 0 Å². The van der Waals surface area contributed by atoms with Crippen molar-refractivity contribution >= 4 is 29.3 Å². The van der Waals surface area contributed by atoms with Crippen molar-refractivity contribution in [2.75, 3.05) is 28.6 Å². The number of carbonyl (C=O) groups is 2. The Morgan fingerprint density at radius 1 is 1.12 bits per heavy atom. The van der Waals surface area contributed by atoms with Gasteiger partial charge in [0, 0.05) is 36.9 Å². The Morgan fingerprint density at radius 2 is 1.84 bits per heavy atom. The fraction of sp³-hybridized carbons (Fsp3) is 0.294. The zero-order valence-electron chi connectivity index (χ0n) is 13.7. The third-order valence-electron chi connectivity index (χ3n) is 4.02. The van der Waals surface area contributed by atoms with E-state index in [9.17, 15) is 9.59 Å². The van der Waals surface area contributed by atoms with Gasteiger partial charge in [-0.05, 0) is 37.1 Å². The average molecular weight is 340 g/mol. The number of nitrogens with one attached hydrogen (secondary N) is 2. The molecule has 0 bridgehead atoms. The van der Waals surface area contributed by atoms with Crippen LogP contribution in [0.3, 0.4) is 0 Å². The van der Waals surface area contributed by atoms with Crippen LogP contribution in [-0.2, 0) is 4.79 Å². The molecule has 0 spiro atoms. The molecule has 2 aromatic rings. The van der Waals surface area contributed by atoms with Crippen LogP contribution in [0.4, 0.5) is 22.1 Å². The van der Waals surface area contributed by atoms with E-state index in [0.717, 1.165) is 19.4 Å². The number of rotatable bonds is 4. The summed E-state index contributed by atoms with van der Waals surface area (Å²) in [6.07, 6.45) is 5.11. The standard InChI is InChI=1S/C17H20N6O2/c18-16(25)22-14-6-1-5-13(10-14)21-15(24)12-4-2-9-23(11-12)17-19-7-3-8-20-17/h1,3,5-8,10,12H,2,4,9,11H2,(H,21,24)(H3,18,22,25). The molecule has 0 aliphatic carbocycles. The normalized spacial score (nSPS) is 17.0. The summed E-state index contributed by atoms with van der Waals surface area (Å²) in [5.74, 6) is 0.440. The minimum Gasteiger partial charge on any atom is -0.351 e. The first-order chi connectivity index (χ1) is 12.1. The summed E-state index contributed by atoms with van der Waals surface area (Å²) in [6.45, 7) is 1.42. The number of urea groups is 1. The topological polar surface area (TPSA) is 113 Å². The number of aromatic nitrogens is 2. The van der Waals surface area contributed by atoms with Crippen LogP contribution in [0, 0.1) is 5.92 Å². The molecule has 1 saturated heterocycles. The van der Waals surface area contributed by atoms with E-state index in [1.54, 1.807) is 42.7 Å². The molecule has 1 aliphatic rings. The molecule has 3 rings (SSSR count). The number of benzene rings is 1. The molecule has 0 radical (unpaired) electrons. The highest BCUT2D eigenvalue weighted by Gasteiger charge is 2.27. The SMILES string of the molecule is NC(=O)Nc1cccc(NC(=O)C2CCCN(c3ncccn3)C2)c1. The van der Waals surface area contributed by atoms with Crippen LogP contribution in [0.2, 0.25) is 0 Å². The molecule has 130 valence electrons. The van der Waals surface area contributed by atoms with E-state index in [0.29, 0.717) is 23.9 Å². The number of hydrogen-bond acceptors (Lipinski definition) is 5. The van der Waals surface area contributed by atoms with Crippen molar-refractivity contribution in [3.8, 4) is 0 Å². The summed E-state index contributed by atoms with van der Waals surface area (Å²) in [6, 6.07) is 8.01. The second-order valence-corrected chi connectivity index (χ2v) is 5.89. The summed E-state index contributed by atoms with van der Waals surface area (Å²) < 4.78 is 0. The van der Waals surface area contributed by atoms with Crippen molar-refractivity contribution in [2.24, 2.45) is 11.7 Å². The van der Waals surface area contributed by atoms with Gasteiger partial charge in [0.2, 0.25) is 11.9 Å². The predicted molar refractivity (Wildman–Crippen MR) is 95.2 cm³/mol. The van der Waals surface area contributed by atoms with E-state index >= 15 is 0 Å². The van der Waals surface area contributed by atoms with Gasteiger partial charge in [-0.2, -0.15) is 0 Å². The Kier molecular flexibility index (Phi) is 5.08. The number of carbonyl (C=O) groups excluding carboxylic acids is 2. The number of anilines is 3. The molecule has 1 fully saturated rings. The molecular formula is C17H20N6O2. The number of primary amides is 1. The molecule has 3 amide bonds. The lowest BCUT2D eigenvalue weighted by Gasteiger charge is -2.31. The van der Waals surface area contributed by atoms with Crippen molar-refractivity contribution in [1.29, 1.82) is 0 Å².